The first-order valence-electron chi connectivity index (χ1n) is 15.0. The van der Waals surface area contributed by atoms with Crippen molar-refractivity contribution < 1.29 is 28.0 Å². The first-order valence-corrected chi connectivity index (χ1v) is 17.5. The molecule has 2 atom stereocenters. The van der Waals surface area contributed by atoms with Crippen molar-refractivity contribution in [3.8, 4) is 0 Å². The Labute approximate surface area is 241 Å². The molecule has 0 N–H and O–H groups in total. The monoisotopic (exact) mass is 619 g/mol. The molecule has 0 saturated heterocycles. The van der Waals surface area contributed by atoms with Crippen LogP contribution in [0.5, 0.6) is 0 Å². The molecule has 0 saturated carbocycles. The summed E-state index contributed by atoms with van der Waals surface area (Å²) < 4.78 is 33.4. The quantitative estimate of drug-likeness (QED) is 0.0530. The van der Waals surface area contributed by atoms with Gasteiger partial charge in [-0.2, -0.15) is 0 Å². The lowest BCUT2D eigenvalue weighted by molar-refractivity contribution is -0.228. The Hall–Kier alpha value is -0.270. The fourth-order valence-electron chi connectivity index (χ4n) is 4.26. The fourth-order valence-corrected chi connectivity index (χ4v) is 5.41. The Kier molecular flexibility index (Phi) is 24.2. The molecule has 0 amide bonds. The molecule has 0 heterocycles. The van der Waals surface area contributed by atoms with Crippen LogP contribution in [0, 0.1) is 0 Å². The maximum atomic E-state index is 11.9. The number of benzene rings is 1. The molecule has 0 spiro atoms. The van der Waals surface area contributed by atoms with Crippen LogP contribution in [-0.2, 0) is 29.7 Å². The van der Waals surface area contributed by atoms with E-state index >= 15 is 0 Å². The number of alkyl halides is 1. The van der Waals surface area contributed by atoms with Gasteiger partial charge in [-0.05, 0) is 12.0 Å². The Morgan fingerprint density at radius 2 is 1.26 bits per heavy atom. The lowest BCUT2D eigenvalue weighted by Gasteiger charge is -2.25. The van der Waals surface area contributed by atoms with Gasteiger partial charge < -0.3 is 23.4 Å². The van der Waals surface area contributed by atoms with E-state index in [1.165, 1.54) is 89.9 Å². The normalized spacial score (nSPS) is 14.0. The molecule has 8 heteroatoms. The first-order chi connectivity index (χ1) is 18.6. The number of phosphoric ester groups is 1. The van der Waals surface area contributed by atoms with Gasteiger partial charge in [-0.1, -0.05) is 149 Å². The average Bonchev–Trinajstić information content (AvgIpc) is 2.93. The van der Waals surface area contributed by atoms with Crippen LogP contribution in [-0.4, -0.2) is 37.9 Å². The largest absolute Gasteiger partial charge is 0.756 e. The van der Waals surface area contributed by atoms with E-state index in [1.807, 2.05) is 30.3 Å². The summed E-state index contributed by atoms with van der Waals surface area (Å²) in [6.45, 7) is 3.46. The molecule has 6 nitrogen and oxygen atoms in total. The summed E-state index contributed by atoms with van der Waals surface area (Å²) in [5, 5.41) is 0.416. The number of unbranched alkanes of at least 4 members (excludes halogenated alkanes) is 15. The zero-order valence-corrected chi connectivity index (χ0v) is 26.3. The van der Waals surface area contributed by atoms with Crippen LogP contribution in [0.15, 0.2) is 30.3 Å². The number of halogens is 1. The van der Waals surface area contributed by atoms with Crippen LogP contribution >= 0.6 is 23.8 Å². The molecule has 0 fully saturated rings. The summed E-state index contributed by atoms with van der Waals surface area (Å²) in [6, 6.07) is 9.76. The van der Waals surface area contributed by atoms with Crippen molar-refractivity contribution in [2.75, 3.05) is 31.8 Å². The average molecular weight is 621 g/mol. The number of rotatable bonds is 28. The minimum absolute atomic E-state index is 0.0338. The maximum Gasteiger partial charge on any atom is 0.267 e. The van der Waals surface area contributed by atoms with Gasteiger partial charge >= 0.3 is 0 Å². The third-order valence-electron chi connectivity index (χ3n) is 6.52. The van der Waals surface area contributed by atoms with E-state index in [-0.39, 0.29) is 19.8 Å². The molecule has 0 aliphatic rings. The second kappa shape index (κ2) is 25.7. The number of ether oxygens (including phenoxy) is 2. The molecule has 2 unspecified atom stereocenters. The third kappa shape index (κ3) is 22.5. The van der Waals surface area contributed by atoms with Gasteiger partial charge in [0.15, 0.2) is 0 Å². The highest BCUT2D eigenvalue weighted by Gasteiger charge is 2.16. The molecule has 0 aromatic heterocycles. The van der Waals surface area contributed by atoms with Crippen LogP contribution in [0.3, 0.4) is 0 Å². The smallest absolute Gasteiger partial charge is 0.267 e. The zero-order valence-electron chi connectivity index (χ0n) is 23.8. The highest BCUT2D eigenvalue weighted by Crippen LogP contribution is 2.38. The first kappa shape index (κ1) is 35.8. The van der Waals surface area contributed by atoms with Gasteiger partial charge in [-0.3, -0.25) is 4.57 Å². The Morgan fingerprint density at radius 1 is 0.737 bits per heavy atom. The molecule has 1 aromatic carbocycles. The Morgan fingerprint density at radius 3 is 1.79 bits per heavy atom. The van der Waals surface area contributed by atoms with E-state index in [1.54, 1.807) is 0 Å². The summed E-state index contributed by atoms with van der Waals surface area (Å²) >= 11 is 3.14. The van der Waals surface area contributed by atoms with E-state index in [9.17, 15) is 9.46 Å². The van der Waals surface area contributed by atoms with Crippen molar-refractivity contribution in [3.63, 3.8) is 0 Å². The zero-order chi connectivity index (χ0) is 27.6. The van der Waals surface area contributed by atoms with Crippen molar-refractivity contribution in [2.45, 2.75) is 122 Å². The van der Waals surface area contributed by atoms with E-state index in [0.717, 1.165) is 18.4 Å². The topological polar surface area (TPSA) is 77.1 Å². The molecule has 38 heavy (non-hydrogen) atoms. The van der Waals surface area contributed by atoms with Crippen molar-refractivity contribution in [3.05, 3.63) is 35.9 Å². The van der Waals surface area contributed by atoms with Gasteiger partial charge in [-0.15, -0.1) is 0 Å². The number of hydrogen-bond acceptors (Lipinski definition) is 6. The minimum atomic E-state index is -4.35. The summed E-state index contributed by atoms with van der Waals surface area (Å²) in [6.07, 6.45) is 20.9. The minimum Gasteiger partial charge on any atom is -0.756 e. The summed E-state index contributed by atoms with van der Waals surface area (Å²) in [4.78, 5) is 11.9. The third-order valence-corrected chi connectivity index (χ3v) is 7.81. The van der Waals surface area contributed by atoms with Gasteiger partial charge in [0.25, 0.3) is 7.82 Å². The lowest BCUT2D eigenvalue weighted by Crippen LogP contribution is -2.27. The highest BCUT2D eigenvalue weighted by atomic mass is 79.9. The van der Waals surface area contributed by atoms with Crippen molar-refractivity contribution in [2.24, 2.45) is 0 Å². The molecule has 1 rings (SSSR count). The van der Waals surface area contributed by atoms with E-state index in [0.29, 0.717) is 18.5 Å². The summed E-state index contributed by atoms with van der Waals surface area (Å²) in [5.41, 5.74) is 1.01. The van der Waals surface area contributed by atoms with Crippen molar-refractivity contribution >= 4 is 23.8 Å². The Balaban J connectivity index is 2.06. The molecule has 0 bridgehead atoms. The second-order valence-corrected chi connectivity index (χ2v) is 12.3. The lowest BCUT2D eigenvalue weighted by atomic mass is 10.0. The molecular weight excluding hydrogens is 567 g/mol. The summed E-state index contributed by atoms with van der Waals surface area (Å²) in [5.74, 6) is 0. The van der Waals surface area contributed by atoms with Crippen LogP contribution in [0.25, 0.3) is 0 Å². The van der Waals surface area contributed by atoms with Crippen LogP contribution < -0.4 is 4.89 Å². The highest BCUT2D eigenvalue weighted by molar-refractivity contribution is 9.09. The molecular formula is C30H53BrO6P-. The second-order valence-electron chi connectivity index (χ2n) is 10.1. The van der Waals surface area contributed by atoms with E-state index in [4.69, 9.17) is 18.5 Å². The molecule has 222 valence electrons. The standard InChI is InChI=1S/C30H54BrO6P/c1-2-3-4-5-6-7-8-9-10-11-12-13-14-15-16-20-24-34-27-30(28-37-38(32,33)36-25-23-31)35-26-29-21-18-17-19-22-29/h17-19,21-22,30H,2-16,20,23-28H2,1H3,(H,32,33)/p-1. The van der Waals surface area contributed by atoms with E-state index < -0.39 is 13.9 Å². The van der Waals surface area contributed by atoms with Crippen molar-refractivity contribution in [1.29, 1.82) is 0 Å². The van der Waals surface area contributed by atoms with Crippen molar-refractivity contribution in [1.82, 2.24) is 0 Å². The molecule has 0 aliphatic carbocycles. The molecule has 0 aliphatic heterocycles. The fraction of sp³-hybridized carbons (Fsp3) is 0.800. The summed E-state index contributed by atoms with van der Waals surface area (Å²) in [7, 11) is -4.35. The predicted molar refractivity (Wildman–Crippen MR) is 159 cm³/mol. The SMILES string of the molecule is CCCCCCCCCCCCCCCCCCOCC(COP(=O)([O-])OCCBr)OCc1ccccc1. The van der Waals surface area contributed by atoms with Crippen LogP contribution in [0.2, 0.25) is 0 Å². The van der Waals surface area contributed by atoms with Gasteiger partial charge in [0.1, 0.15) is 6.10 Å². The van der Waals surface area contributed by atoms with Gasteiger partial charge in [-0.25, -0.2) is 0 Å². The maximum absolute atomic E-state index is 11.9. The molecule has 0 radical (unpaired) electrons. The van der Waals surface area contributed by atoms with Crippen LogP contribution in [0.4, 0.5) is 0 Å². The number of phosphoric acid groups is 1. The van der Waals surface area contributed by atoms with E-state index in [2.05, 4.69) is 22.9 Å². The van der Waals surface area contributed by atoms with Gasteiger partial charge in [0.05, 0.1) is 26.4 Å². The van der Waals surface area contributed by atoms with Gasteiger partial charge in [0, 0.05) is 11.9 Å². The number of hydrogen-bond donors (Lipinski definition) is 0. The predicted octanol–water partition coefficient (Wildman–Crippen LogP) is 8.75. The molecule has 1 aromatic rings. The van der Waals surface area contributed by atoms with Crippen LogP contribution in [0.1, 0.15) is 115 Å². The Bertz CT molecular complexity index is 678. The van der Waals surface area contributed by atoms with Gasteiger partial charge in [0.2, 0.25) is 0 Å².